The van der Waals surface area contributed by atoms with Gasteiger partial charge in [-0.25, -0.2) is 13.7 Å². The number of alkyl halides is 4. The minimum Gasteiger partial charge on any atom is -0.295 e. The van der Waals surface area contributed by atoms with E-state index in [2.05, 4.69) is 0 Å². The van der Waals surface area contributed by atoms with E-state index in [0.717, 1.165) is 12.8 Å². The van der Waals surface area contributed by atoms with Gasteiger partial charge in [0.25, 0.3) is 5.92 Å². The summed E-state index contributed by atoms with van der Waals surface area (Å²) in [6, 6.07) is -2.92. The molecule has 0 radical (unpaired) electrons. The van der Waals surface area contributed by atoms with Crippen LogP contribution in [-0.4, -0.2) is 53.5 Å². The smallest absolute Gasteiger partial charge is 0.295 e. The molecule has 0 amide bonds. The average molecular weight is 395 g/mol. The van der Waals surface area contributed by atoms with Gasteiger partial charge < -0.3 is 0 Å². The number of piperidine rings is 2. The van der Waals surface area contributed by atoms with Crippen molar-refractivity contribution in [1.29, 1.82) is 0 Å². The molecule has 2 saturated heterocycles. The first-order valence-electron chi connectivity index (χ1n) is 10.7. The Hall–Kier alpha value is -0.360. The Morgan fingerprint density at radius 2 is 1.63 bits per heavy atom. The largest absolute Gasteiger partial charge is 0.305 e. The number of likely N-dealkylation sites (tertiary alicyclic amines) is 2. The van der Waals surface area contributed by atoms with Gasteiger partial charge in [0.2, 0.25) is 0 Å². The molecule has 0 aromatic rings. The first kappa shape index (κ1) is 22.9. The lowest BCUT2D eigenvalue weighted by atomic mass is 9.79. The van der Waals surface area contributed by atoms with E-state index in [4.69, 9.17) is 0 Å². The Kier molecular flexibility index (Phi) is 7.62. The lowest BCUT2D eigenvalue weighted by Gasteiger charge is -2.44. The zero-order valence-corrected chi connectivity index (χ0v) is 17.7. The van der Waals surface area contributed by atoms with E-state index in [0.29, 0.717) is 32.4 Å². The van der Waals surface area contributed by atoms with Gasteiger partial charge in [-0.2, -0.15) is 8.78 Å². The van der Waals surface area contributed by atoms with Crippen molar-refractivity contribution in [2.75, 3.05) is 19.6 Å². The van der Waals surface area contributed by atoms with Crippen molar-refractivity contribution in [1.82, 2.24) is 9.80 Å². The standard InChI is InChI=1S/C21H38F4N2/c1-6-18-9-12-27(21(24,25)13-18)17(5)8-7-16(4)19-10-11-26(15(2)3)14-20(19,22)23/h15-19H,6-14H2,1-5H3. The Labute approximate surface area is 162 Å². The fraction of sp³-hybridized carbons (Fsp3) is 1.00. The predicted octanol–water partition coefficient (Wildman–Crippen LogP) is 5.87. The third-order valence-electron chi connectivity index (χ3n) is 6.98. The van der Waals surface area contributed by atoms with Crippen molar-refractivity contribution in [3.8, 4) is 0 Å². The molecule has 2 fully saturated rings. The van der Waals surface area contributed by atoms with Gasteiger partial charge in [0.15, 0.2) is 0 Å². The van der Waals surface area contributed by atoms with Gasteiger partial charge in [0, 0.05) is 31.0 Å². The summed E-state index contributed by atoms with van der Waals surface area (Å²) < 4.78 is 58.2. The van der Waals surface area contributed by atoms with Crippen molar-refractivity contribution >= 4 is 0 Å². The van der Waals surface area contributed by atoms with Gasteiger partial charge in [-0.3, -0.25) is 4.90 Å². The molecule has 4 atom stereocenters. The molecule has 2 heterocycles. The van der Waals surface area contributed by atoms with Crippen molar-refractivity contribution in [2.45, 2.75) is 97.2 Å². The lowest BCUT2D eigenvalue weighted by molar-refractivity contribution is -0.196. The van der Waals surface area contributed by atoms with Gasteiger partial charge in [0.05, 0.1) is 6.54 Å². The monoisotopic (exact) mass is 394 g/mol. The zero-order valence-electron chi connectivity index (χ0n) is 17.7. The van der Waals surface area contributed by atoms with Crippen LogP contribution in [-0.2, 0) is 0 Å². The maximum Gasteiger partial charge on any atom is 0.305 e. The third kappa shape index (κ3) is 5.59. The van der Waals surface area contributed by atoms with E-state index >= 15 is 0 Å². The van der Waals surface area contributed by atoms with E-state index in [-0.39, 0.29) is 36.9 Å². The first-order chi connectivity index (χ1) is 12.5. The summed E-state index contributed by atoms with van der Waals surface area (Å²) in [5.41, 5.74) is 0. The summed E-state index contributed by atoms with van der Waals surface area (Å²) in [6.45, 7) is 10.5. The second-order valence-electron chi connectivity index (χ2n) is 9.25. The van der Waals surface area contributed by atoms with Crippen LogP contribution in [0, 0.1) is 17.8 Å². The van der Waals surface area contributed by atoms with Crippen LogP contribution in [0.5, 0.6) is 0 Å². The van der Waals surface area contributed by atoms with Crippen LogP contribution in [0.2, 0.25) is 0 Å². The molecule has 160 valence electrons. The topological polar surface area (TPSA) is 6.48 Å². The minimum atomic E-state index is -2.77. The molecule has 0 bridgehead atoms. The Balaban J connectivity index is 1.88. The van der Waals surface area contributed by atoms with Crippen LogP contribution in [0.4, 0.5) is 17.6 Å². The van der Waals surface area contributed by atoms with E-state index in [1.54, 1.807) is 0 Å². The first-order valence-corrected chi connectivity index (χ1v) is 10.7. The molecule has 2 nitrogen and oxygen atoms in total. The van der Waals surface area contributed by atoms with Crippen LogP contribution in [0.1, 0.15) is 73.1 Å². The van der Waals surface area contributed by atoms with Crippen LogP contribution in [0.25, 0.3) is 0 Å². The van der Waals surface area contributed by atoms with E-state index in [9.17, 15) is 17.6 Å². The second kappa shape index (κ2) is 8.98. The third-order valence-corrected chi connectivity index (χ3v) is 6.98. The fourth-order valence-electron chi connectivity index (χ4n) is 4.93. The summed E-state index contributed by atoms with van der Waals surface area (Å²) in [7, 11) is 0. The van der Waals surface area contributed by atoms with Gasteiger partial charge >= 0.3 is 6.05 Å². The van der Waals surface area contributed by atoms with Crippen molar-refractivity contribution in [2.24, 2.45) is 17.8 Å². The second-order valence-corrected chi connectivity index (χ2v) is 9.25. The van der Waals surface area contributed by atoms with Crippen molar-refractivity contribution in [3.05, 3.63) is 0 Å². The minimum absolute atomic E-state index is 0.0743. The highest BCUT2D eigenvalue weighted by Crippen LogP contribution is 2.41. The Morgan fingerprint density at radius 3 is 2.15 bits per heavy atom. The van der Waals surface area contributed by atoms with Crippen molar-refractivity contribution in [3.63, 3.8) is 0 Å². The molecule has 0 spiro atoms. The Bertz CT molecular complexity index is 469. The lowest BCUT2D eigenvalue weighted by Crippen LogP contribution is -2.53. The van der Waals surface area contributed by atoms with Crippen LogP contribution in [0.15, 0.2) is 0 Å². The molecule has 6 heteroatoms. The highest BCUT2D eigenvalue weighted by molar-refractivity contribution is 4.91. The summed E-state index contributed by atoms with van der Waals surface area (Å²) in [5.74, 6) is -3.41. The summed E-state index contributed by atoms with van der Waals surface area (Å²) >= 11 is 0. The number of nitrogens with zero attached hydrogens (tertiary/aromatic N) is 2. The quantitative estimate of drug-likeness (QED) is 0.393. The van der Waals surface area contributed by atoms with Crippen molar-refractivity contribution < 1.29 is 17.6 Å². The van der Waals surface area contributed by atoms with Gasteiger partial charge in [-0.1, -0.05) is 20.3 Å². The number of halogens is 4. The molecule has 2 aliphatic heterocycles. The molecule has 4 unspecified atom stereocenters. The maximum absolute atomic E-state index is 14.6. The van der Waals surface area contributed by atoms with Crippen LogP contribution in [0.3, 0.4) is 0 Å². The van der Waals surface area contributed by atoms with Crippen LogP contribution >= 0.6 is 0 Å². The highest BCUT2D eigenvalue weighted by Gasteiger charge is 2.48. The number of rotatable bonds is 7. The molecule has 0 saturated carbocycles. The number of hydrogen-bond donors (Lipinski definition) is 0. The van der Waals surface area contributed by atoms with Gasteiger partial charge in [0.1, 0.15) is 0 Å². The zero-order chi connectivity index (χ0) is 20.4. The molecule has 0 aliphatic carbocycles. The molecule has 2 rings (SSSR count). The summed E-state index contributed by atoms with van der Waals surface area (Å²) in [5, 5.41) is 0. The van der Waals surface area contributed by atoms with Gasteiger partial charge in [-0.15, -0.1) is 0 Å². The van der Waals surface area contributed by atoms with E-state index in [1.807, 2.05) is 39.5 Å². The Morgan fingerprint density at radius 1 is 0.963 bits per heavy atom. The summed E-state index contributed by atoms with van der Waals surface area (Å²) in [4.78, 5) is 3.15. The van der Waals surface area contributed by atoms with E-state index in [1.165, 1.54) is 4.90 Å². The predicted molar refractivity (Wildman–Crippen MR) is 102 cm³/mol. The summed E-state index contributed by atoms with van der Waals surface area (Å²) in [6.07, 6.45) is 3.13. The SMILES string of the molecule is CCC1CCN(C(C)CCC(C)C2CCN(C(C)C)CC2(F)F)C(F)(F)C1. The molecule has 0 aromatic heterocycles. The number of hydrogen-bond acceptors (Lipinski definition) is 2. The molecule has 0 aromatic carbocycles. The van der Waals surface area contributed by atoms with Gasteiger partial charge in [-0.05, 0) is 64.8 Å². The fourth-order valence-corrected chi connectivity index (χ4v) is 4.93. The van der Waals surface area contributed by atoms with Crippen LogP contribution < -0.4 is 0 Å². The highest BCUT2D eigenvalue weighted by atomic mass is 19.3. The van der Waals surface area contributed by atoms with E-state index < -0.39 is 17.9 Å². The molecular formula is C21H38F4N2. The molecule has 0 N–H and O–H groups in total. The normalized spacial score (nSPS) is 31.8. The average Bonchev–Trinajstić information content (AvgIpc) is 2.57. The molecular weight excluding hydrogens is 356 g/mol. The molecule has 27 heavy (non-hydrogen) atoms. The maximum atomic E-state index is 14.6. The molecule has 2 aliphatic rings.